The molecule has 1 aliphatic rings. The van der Waals surface area contributed by atoms with E-state index in [1.54, 1.807) is 6.07 Å². The van der Waals surface area contributed by atoms with Crippen LogP contribution in [-0.4, -0.2) is 42.0 Å². The first-order valence-corrected chi connectivity index (χ1v) is 14.9. The number of unbranched alkanes of at least 4 members (excludes halogenated alkanes) is 1. The maximum absolute atomic E-state index is 13.1. The number of carbonyl (C=O) groups excluding carboxylic acids is 4. The van der Waals surface area contributed by atoms with Crippen LogP contribution in [0.15, 0.2) is 54.6 Å². The fourth-order valence-corrected chi connectivity index (χ4v) is 5.72. The molecule has 0 spiro atoms. The fraction of sp³-hybridized carbons (Fsp3) is 0.467. The number of rotatable bonds is 14. The van der Waals surface area contributed by atoms with Crippen molar-refractivity contribution in [1.29, 1.82) is 0 Å². The van der Waals surface area contributed by atoms with Crippen molar-refractivity contribution >= 4 is 47.7 Å². The molecule has 0 radical (unpaired) electrons. The zero-order chi connectivity index (χ0) is 29.1. The minimum atomic E-state index is -0.779. The lowest BCUT2D eigenvalue weighted by atomic mass is 9.76. The SMILES string of the molecule is CCCC[C@H](SNC(=O)OC(c1ccccc1)C(C)(C)c1cccc(Cl)c1)C(=O)N[C@H](C=O)C[C@@H]1CCNC1=O. The molecule has 3 N–H and O–H groups in total. The van der Waals surface area contributed by atoms with Gasteiger partial charge in [-0.25, -0.2) is 4.79 Å². The highest BCUT2D eigenvalue weighted by molar-refractivity contribution is 7.99. The van der Waals surface area contributed by atoms with Crippen molar-refractivity contribution in [2.45, 2.75) is 75.7 Å². The molecule has 3 amide bonds. The second kappa shape index (κ2) is 15.1. The minimum absolute atomic E-state index is 0.101. The zero-order valence-corrected chi connectivity index (χ0v) is 24.7. The molecule has 2 aromatic rings. The quantitative estimate of drug-likeness (QED) is 0.199. The Labute approximate surface area is 245 Å². The molecule has 1 saturated heterocycles. The van der Waals surface area contributed by atoms with E-state index in [-0.39, 0.29) is 24.2 Å². The van der Waals surface area contributed by atoms with Crippen LogP contribution in [0.1, 0.15) is 70.1 Å². The topological polar surface area (TPSA) is 114 Å². The van der Waals surface area contributed by atoms with E-state index < -0.39 is 28.9 Å². The highest BCUT2D eigenvalue weighted by Gasteiger charge is 2.36. The van der Waals surface area contributed by atoms with Crippen molar-refractivity contribution in [3.63, 3.8) is 0 Å². The Morgan fingerprint density at radius 1 is 1.20 bits per heavy atom. The number of hydrogen-bond donors (Lipinski definition) is 3. The third kappa shape index (κ3) is 8.73. The van der Waals surface area contributed by atoms with E-state index >= 15 is 0 Å². The van der Waals surface area contributed by atoms with E-state index in [2.05, 4.69) is 15.4 Å². The largest absolute Gasteiger partial charge is 0.440 e. The maximum Gasteiger partial charge on any atom is 0.417 e. The molecule has 0 saturated carbocycles. The maximum atomic E-state index is 13.1. The second-order valence-corrected chi connectivity index (χ2v) is 12.0. The average molecular weight is 588 g/mol. The Balaban J connectivity index is 1.69. The standard InChI is InChI=1S/C30H38ClN3O5S/c1-4-5-14-25(28(37)33-24(19-35)17-21-15-16-32-27(21)36)40-34-29(38)39-26(20-10-7-6-8-11-20)30(2,3)22-12-9-13-23(31)18-22/h6-13,18-19,21,24-26H,4-5,14-17H2,1-3H3,(H,32,36)(H,33,37)(H,34,38)/t21-,24-,25-,26?/m0/s1. The minimum Gasteiger partial charge on any atom is -0.440 e. The molecular weight excluding hydrogens is 550 g/mol. The van der Waals surface area contributed by atoms with E-state index in [1.807, 2.05) is 69.3 Å². The lowest BCUT2D eigenvalue weighted by Crippen LogP contribution is -2.44. The highest BCUT2D eigenvalue weighted by atomic mass is 35.5. The second-order valence-electron chi connectivity index (χ2n) is 10.5. The molecule has 1 fully saturated rings. The van der Waals surface area contributed by atoms with Crippen LogP contribution in [0.2, 0.25) is 5.02 Å². The van der Waals surface area contributed by atoms with Crippen LogP contribution in [0.3, 0.4) is 0 Å². The summed E-state index contributed by atoms with van der Waals surface area (Å²) in [6.45, 7) is 6.55. The van der Waals surface area contributed by atoms with Crippen LogP contribution in [0.25, 0.3) is 0 Å². The molecule has 0 aliphatic carbocycles. The number of ether oxygens (including phenoxy) is 1. The summed E-state index contributed by atoms with van der Waals surface area (Å²) < 4.78 is 8.68. The van der Waals surface area contributed by atoms with Crippen LogP contribution in [0.5, 0.6) is 0 Å². The predicted octanol–water partition coefficient (Wildman–Crippen LogP) is 5.50. The average Bonchev–Trinajstić information content (AvgIpc) is 3.35. The van der Waals surface area contributed by atoms with Gasteiger partial charge < -0.3 is 20.2 Å². The normalized spacial score (nSPS) is 17.3. The van der Waals surface area contributed by atoms with Gasteiger partial charge in [0.15, 0.2) is 0 Å². The van der Waals surface area contributed by atoms with Crippen molar-refractivity contribution in [1.82, 2.24) is 15.4 Å². The van der Waals surface area contributed by atoms with Crippen molar-refractivity contribution in [2.75, 3.05) is 6.54 Å². The van der Waals surface area contributed by atoms with Crippen molar-refractivity contribution in [3.05, 3.63) is 70.7 Å². The van der Waals surface area contributed by atoms with Gasteiger partial charge in [0.05, 0.1) is 6.04 Å². The van der Waals surface area contributed by atoms with Gasteiger partial charge in [-0.05, 0) is 54.5 Å². The molecule has 1 heterocycles. The molecule has 216 valence electrons. The summed E-state index contributed by atoms with van der Waals surface area (Å²) in [4.78, 5) is 49.8. The molecule has 0 aromatic heterocycles. The zero-order valence-electron chi connectivity index (χ0n) is 23.2. The van der Waals surface area contributed by atoms with Crippen LogP contribution in [0, 0.1) is 5.92 Å². The monoisotopic (exact) mass is 587 g/mol. The number of aldehydes is 1. The van der Waals surface area contributed by atoms with Gasteiger partial charge in [-0.2, -0.15) is 0 Å². The molecule has 1 aliphatic heterocycles. The van der Waals surface area contributed by atoms with E-state index in [0.29, 0.717) is 30.7 Å². The molecule has 10 heteroatoms. The summed E-state index contributed by atoms with van der Waals surface area (Å²) in [5, 5.41) is 5.45. The molecule has 4 atom stereocenters. The summed E-state index contributed by atoms with van der Waals surface area (Å²) in [5.41, 5.74) is 1.10. The van der Waals surface area contributed by atoms with Gasteiger partial charge in [-0.1, -0.05) is 87.7 Å². The van der Waals surface area contributed by atoms with Gasteiger partial charge in [0.1, 0.15) is 17.6 Å². The number of benzene rings is 2. The third-order valence-electron chi connectivity index (χ3n) is 7.14. The lowest BCUT2D eigenvalue weighted by molar-refractivity contribution is -0.126. The summed E-state index contributed by atoms with van der Waals surface area (Å²) in [7, 11) is 0. The van der Waals surface area contributed by atoms with Gasteiger partial charge in [-0.15, -0.1) is 0 Å². The summed E-state index contributed by atoms with van der Waals surface area (Å²) in [6.07, 6.45) is 2.33. The molecular formula is C30H38ClN3O5S. The highest BCUT2D eigenvalue weighted by Crippen LogP contribution is 2.40. The summed E-state index contributed by atoms with van der Waals surface area (Å²) in [6, 6.07) is 16.1. The van der Waals surface area contributed by atoms with Crippen molar-refractivity contribution in [3.8, 4) is 0 Å². The predicted molar refractivity (Wildman–Crippen MR) is 158 cm³/mol. The molecule has 40 heavy (non-hydrogen) atoms. The smallest absolute Gasteiger partial charge is 0.417 e. The van der Waals surface area contributed by atoms with E-state index in [9.17, 15) is 19.2 Å². The Morgan fingerprint density at radius 3 is 2.58 bits per heavy atom. The van der Waals surface area contributed by atoms with Crippen LogP contribution < -0.4 is 15.4 Å². The first-order valence-electron chi connectivity index (χ1n) is 13.6. The van der Waals surface area contributed by atoms with Crippen molar-refractivity contribution in [2.24, 2.45) is 5.92 Å². The van der Waals surface area contributed by atoms with Gasteiger partial charge in [0, 0.05) is 22.9 Å². The number of carbonyl (C=O) groups is 4. The van der Waals surface area contributed by atoms with E-state index in [4.69, 9.17) is 16.3 Å². The Morgan fingerprint density at radius 2 is 1.95 bits per heavy atom. The first kappa shape index (κ1) is 31.5. The van der Waals surface area contributed by atoms with Gasteiger partial charge in [-0.3, -0.25) is 14.3 Å². The number of nitrogens with one attached hydrogen (secondary N) is 3. The molecule has 8 nitrogen and oxygen atoms in total. The Kier molecular flexibility index (Phi) is 11.9. The molecule has 3 rings (SSSR count). The summed E-state index contributed by atoms with van der Waals surface area (Å²) in [5.74, 6) is -0.771. The van der Waals surface area contributed by atoms with E-state index in [1.165, 1.54) is 0 Å². The number of amides is 3. The van der Waals surface area contributed by atoms with Crippen LogP contribution >= 0.6 is 23.5 Å². The Bertz CT molecular complexity index is 1160. The lowest BCUT2D eigenvalue weighted by Gasteiger charge is -2.35. The molecule has 0 bridgehead atoms. The number of hydrogen-bond acceptors (Lipinski definition) is 6. The summed E-state index contributed by atoms with van der Waals surface area (Å²) >= 11 is 7.23. The number of halogens is 1. The van der Waals surface area contributed by atoms with Gasteiger partial charge >= 0.3 is 6.09 Å². The van der Waals surface area contributed by atoms with Crippen LogP contribution in [0.4, 0.5) is 4.79 Å². The third-order valence-corrected chi connectivity index (χ3v) is 8.40. The van der Waals surface area contributed by atoms with Gasteiger partial charge in [0.25, 0.3) is 0 Å². The first-order chi connectivity index (χ1) is 19.1. The Hall–Kier alpha value is -3.04. The van der Waals surface area contributed by atoms with E-state index in [0.717, 1.165) is 35.9 Å². The van der Waals surface area contributed by atoms with Gasteiger partial charge in [0.2, 0.25) is 11.8 Å². The molecule has 1 unspecified atom stereocenters. The fourth-order valence-electron chi connectivity index (χ4n) is 4.78. The van der Waals surface area contributed by atoms with Crippen molar-refractivity contribution < 1.29 is 23.9 Å². The van der Waals surface area contributed by atoms with Crippen LogP contribution in [-0.2, 0) is 24.5 Å². The molecule has 2 aromatic carbocycles.